The van der Waals surface area contributed by atoms with Gasteiger partial charge >= 0.3 is 0 Å². The number of hydrogen-bond donors (Lipinski definition) is 2. The third-order valence-electron chi connectivity index (χ3n) is 3.15. The van der Waals surface area contributed by atoms with Crippen molar-refractivity contribution in [3.8, 4) is 23.3 Å². The van der Waals surface area contributed by atoms with Crippen LogP contribution in [0.1, 0.15) is 31.3 Å². The highest BCUT2D eigenvalue weighted by Crippen LogP contribution is 2.30. The van der Waals surface area contributed by atoms with Gasteiger partial charge in [-0.25, -0.2) is 4.98 Å². The summed E-state index contributed by atoms with van der Waals surface area (Å²) >= 11 is 0. The predicted octanol–water partition coefficient (Wildman–Crippen LogP) is 1.39. The van der Waals surface area contributed by atoms with Crippen molar-refractivity contribution in [1.29, 1.82) is 0 Å². The van der Waals surface area contributed by atoms with Crippen molar-refractivity contribution in [2.45, 2.75) is 25.5 Å². The number of nitrogens with two attached hydrogens (primary N) is 1. The SMILES string of the molecule is CC(C)(O)C#Cc1ccc2c(c1)-n1ccnc1C(N)CO2. The third kappa shape index (κ3) is 2.77. The van der Waals surface area contributed by atoms with Crippen LogP contribution >= 0.6 is 0 Å². The standard InChI is InChI=1S/C16H17N3O2/c1-16(2,20)6-5-11-3-4-14-13(9-11)19-8-7-18-15(19)12(17)10-21-14/h3-4,7-9,12,20H,10,17H2,1-2H3. The summed E-state index contributed by atoms with van der Waals surface area (Å²) in [5.41, 5.74) is 6.69. The summed E-state index contributed by atoms with van der Waals surface area (Å²) in [5.74, 6) is 7.28. The molecule has 1 aliphatic heterocycles. The molecule has 0 saturated heterocycles. The molecule has 0 saturated carbocycles. The van der Waals surface area contributed by atoms with E-state index in [1.165, 1.54) is 0 Å². The maximum Gasteiger partial charge on any atom is 0.143 e. The molecule has 1 aliphatic rings. The first kappa shape index (κ1) is 13.7. The lowest BCUT2D eigenvalue weighted by Crippen LogP contribution is -2.19. The largest absolute Gasteiger partial charge is 0.489 e. The van der Waals surface area contributed by atoms with E-state index in [0.29, 0.717) is 6.61 Å². The minimum atomic E-state index is -1.02. The number of fused-ring (bicyclic) bond motifs is 3. The molecular weight excluding hydrogens is 266 g/mol. The summed E-state index contributed by atoms with van der Waals surface area (Å²) in [5, 5.41) is 9.69. The minimum absolute atomic E-state index is 0.265. The number of aromatic nitrogens is 2. The molecule has 2 heterocycles. The van der Waals surface area contributed by atoms with E-state index < -0.39 is 5.60 Å². The van der Waals surface area contributed by atoms with Gasteiger partial charge in [0.1, 0.15) is 23.8 Å². The van der Waals surface area contributed by atoms with Gasteiger partial charge in [-0.05, 0) is 32.0 Å². The summed E-state index contributed by atoms with van der Waals surface area (Å²) in [6.07, 6.45) is 3.58. The smallest absolute Gasteiger partial charge is 0.143 e. The van der Waals surface area contributed by atoms with Crippen LogP contribution in [0.4, 0.5) is 0 Å². The van der Waals surface area contributed by atoms with Gasteiger partial charge in [-0.1, -0.05) is 11.8 Å². The van der Waals surface area contributed by atoms with Crippen LogP contribution in [0, 0.1) is 11.8 Å². The van der Waals surface area contributed by atoms with Gasteiger partial charge in [0, 0.05) is 18.0 Å². The third-order valence-corrected chi connectivity index (χ3v) is 3.15. The van der Waals surface area contributed by atoms with Crippen molar-refractivity contribution >= 4 is 0 Å². The van der Waals surface area contributed by atoms with Crippen molar-refractivity contribution in [2.75, 3.05) is 6.61 Å². The second kappa shape index (κ2) is 4.92. The van der Waals surface area contributed by atoms with E-state index in [4.69, 9.17) is 10.5 Å². The van der Waals surface area contributed by atoms with Gasteiger partial charge in [-0.15, -0.1) is 0 Å². The molecule has 1 unspecified atom stereocenters. The van der Waals surface area contributed by atoms with Crippen LogP contribution in [0.15, 0.2) is 30.6 Å². The van der Waals surface area contributed by atoms with Gasteiger partial charge in [0.15, 0.2) is 0 Å². The van der Waals surface area contributed by atoms with Gasteiger partial charge in [0.05, 0.1) is 11.7 Å². The molecule has 21 heavy (non-hydrogen) atoms. The number of imidazole rings is 1. The molecule has 108 valence electrons. The summed E-state index contributed by atoms with van der Waals surface area (Å²) in [6, 6.07) is 5.38. The number of nitrogens with zero attached hydrogens (tertiary/aromatic N) is 2. The highest BCUT2D eigenvalue weighted by atomic mass is 16.5. The molecule has 3 N–H and O–H groups in total. The lowest BCUT2D eigenvalue weighted by molar-refractivity contribution is 0.143. The van der Waals surface area contributed by atoms with Crippen LogP contribution in [-0.4, -0.2) is 26.9 Å². The van der Waals surface area contributed by atoms with Gasteiger partial charge in [-0.3, -0.25) is 4.57 Å². The Morgan fingerprint density at radius 3 is 3.05 bits per heavy atom. The zero-order valence-corrected chi connectivity index (χ0v) is 12.0. The second-order valence-electron chi connectivity index (χ2n) is 5.56. The lowest BCUT2D eigenvalue weighted by atomic mass is 10.1. The topological polar surface area (TPSA) is 73.3 Å². The molecule has 1 atom stereocenters. The van der Waals surface area contributed by atoms with Crippen molar-refractivity contribution in [3.05, 3.63) is 42.0 Å². The number of ether oxygens (including phenoxy) is 1. The maximum absolute atomic E-state index is 9.69. The molecular formula is C16H17N3O2. The van der Waals surface area contributed by atoms with Crippen LogP contribution in [-0.2, 0) is 0 Å². The Morgan fingerprint density at radius 1 is 1.48 bits per heavy atom. The summed E-state index contributed by atoms with van der Waals surface area (Å²) < 4.78 is 7.64. The maximum atomic E-state index is 9.69. The first-order chi connectivity index (χ1) is 9.94. The zero-order valence-electron chi connectivity index (χ0n) is 12.0. The van der Waals surface area contributed by atoms with Crippen LogP contribution < -0.4 is 10.5 Å². The first-order valence-electron chi connectivity index (χ1n) is 6.76. The van der Waals surface area contributed by atoms with Gasteiger partial charge in [0.2, 0.25) is 0 Å². The highest BCUT2D eigenvalue weighted by molar-refractivity contribution is 5.54. The van der Waals surface area contributed by atoms with Crippen LogP contribution in [0.3, 0.4) is 0 Å². The molecule has 0 radical (unpaired) electrons. The number of aliphatic hydroxyl groups is 1. The molecule has 0 spiro atoms. The molecule has 0 amide bonds. The predicted molar refractivity (Wildman–Crippen MR) is 79.2 cm³/mol. The molecule has 1 aromatic carbocycles. The normalized spacial score (nSPS) is 16.9. The van der Waals surface area contributed by atoms with E-state index in [2.05, 4.69) is 16.8 Å². The summed E-state index contributed by atoms with van der Waals surface area (Å²) in [7, 11) is 0. The Labute approximate surface area is 123 Å². The van der Waals surface area contributed by atoms with Gasteiger partial charge < -0.3 is 15.6 Å². The van der Waals surface area contributed by atoms with Crippen molar-refractivity contribution < 1.29 is 9.84 Å². The Bertz CT molecular complexity index is 732. The van der Waals surface area contributed by atoms with Crippen LogP contribution in [0.25, 0.3) is 5.69 Å². The second-order valence-corrected chi connectivity index (χ2v) is 5.56. The summed E-state index contributed by atoms with van der Waals surface area (Å²) in [6.45, 7) is 3.69. The van der Waals surface area contributed by atoms with E-state index in [1.54, 1.807) is 20.0 Å². The van der Waals surface area contributed by atoms with Gasteiger partial charge in [-0.2, -0.15) is 0 Å². The monoisotopic (exact) mass is 283 g/mol. The first-order valence-corrected chi connectivity index (χ1v) is 6.76. The van der Waals surface area contributed by atoms with E-state index in [9.17, 15) is 5.11 Å². The van der Waals surface area contributed by atoms with E-state index in [0.717, 1.165) is 22.8 Å². The number of benzene rings is 1. The van der Waals surface area contributed by atoms with E-state index >= 15 is 0 Å². The fraction of sp³-hybridized carbons (Fsp3) is 0.312. The Balaban J connectivity index is 2.09. The highest BCUT2D eigenvalue weighted by Gasteiger charge is 2.21. The summed E-state index contributed by atoms with van der Waals surface area (Å²) in [4.78, 5) is 4.29. The van der Waals surface area contributed by atoms with Crippen molar-refractivity contribution in [3.63, 3.8) is 0 Å². The Kier molecular flexibility index (Phi) is 3.20. The number of hydrogen-bond acceptors (Lipinski definition) is 4. The molecule has 0 aliphatic carbocycles. The minimum Gasteiger partial charge on any atom is -0.489 e. The van der Waals surface area contributed by atoms with E-state index in [-0.39, 0.29) is 6.04 Å². The molecule has 0 bridgehead atoms. The molecule has 1 aromatic heterocycles. The fourth-order valence-electron chi connectivity index (χ4n) is 2.18. The Morgan fingerprint density at radius 2 is 2.29 bits per heavy atom. The van der Waals surface area contributed by atoms with Crippen molar-refractivity contribution in [1.82, 2.24) is 9.55 Å². The molecule has 5 heteroatoms. The average molecular weight is 283 g/mol. The zero-order chi connectivity index (χ0) is 15.0. The van der Waals surface area contributed by atoms with Crippen molar-refractivity contribution in [2.24, 2.45) is 5.73 Å². The lowest BCUT2D eigenvalue weighted by Gasteiger charge is -2.09. The molecule has 3 rings (SSSR count). The van der Waals surface area contributed by atoms with Gasteiger partial charge in [0.25, 0.3) is 0 Å². The van der Waals surface area contributed by atoms with E-state index in [1.807, 2.05) is 29.0 Å². The van der Waals surface area contributed by atoms with Crippen LogP contribution in [0.2, 0.25) is 0 Å². The quantitative estimate of drug-likeness (QED) is 0.717. The Hall–Kier alpha value is -2.29. The molecule has 2 aromatic rings. The molecule has 5 nitrogen and oxygen atoms in total. The average Bonchev–Trinajstić information content (AvgIpc) is 2.87. The number of rotatable bonds is 0. The van der Waals surface area contributed by atoms with Crippen LogP contribution in [0.5, 0.6) is 5.75 Å². The fourth-order valence-corrected chi connectivity index (χ4v) is 2.18. The molecule has 0 fully saturated rings.